The third-order valence-electron chi connectivity index (χ3n) is 3.10. The first kappa shape index (κ1) is 19.3. The Morgan fingerprint density at radius 3 is 2.60 bits per heavy atom. The zero-order valence-corrected chi connectivity index (χ0v) is 15.4. The third-order valence-corrected chi connectivity index (χ3v) is 4.34. The average Bonchev–Trinajstić information content (AvgIpc) is 2.59. The summed E-state index contributed by atoms with van der Waals surface area (Å²) in [6, 6.07) is 6.75. The minimum absolute atomic E-state index is 0.0150. The molecule has 0 fully saturated rings. The standard InChI is InChI=1S/C16H13Cl3N2O4/c1-8(15(22)21-9-4-3-5-10(6-9)24-2)25-16(23)14-13(19)12(18)11(17)7-20-14/h3-8H,1-2H3,(H,21,22)/t8-/m1/s1. The van der Waals surface area contributed by atoms with Crippen molar-refractivity contribution in [2.45, 2.75) is 13.0 Å². The van der Waals surface area contributed by atoms with Gasteiger partial charge in [-0.15, -0.1) is 0 Å². The third kappa shape index (κ3) is 4.75. The minimum atomic E-state index is -1.09. The molecule has 0 saturated carbocycles. The zero-order chi connectivity index (χ0) is 18.6. The largest absolute Gasteiger partial charge is 0.497 e. The second-order valence-corrected chi connectivity index (χ2v) is 6.01. The van der Waals surface area contributed by atoms with E-state index < -0.39 is 18.0 Å². The SMILES string of the molecule is COc1cccc(NC(=O)[C@@H](C)OC(=O)c2ncc(Cl)c(Cl)c2Cl)c1. The molecule has 0 spiro atoms. The first-order valence-electron chi connectivity index (χ1n) is 6.99. The molecule has 1 amide bonds. The summed E-state index contributed by atoms with van der Waals surface area (Å²) >= 11 is 17.5. The van der Waals surface area contributed by atoms with E-state index in [1.54, 1.807) is 24.3 Å². The highest BCUT2D eigenvalue weighted by molar-refractivity contribution is 6.48. The first-order chi connectivity index (χ1) is 11.8. The van der Waals surface area contributed by atoms with Gasteiger partial charge in [-0.25, -0.2) is 9.78 Å². The molecule has 0 bridgehead atoms. The van der Waals surface area contributed by atoms with Crippen LogP contribution in [-0.2, 0) is 9.53 Å². The lowest BCUT2D eigenvalue weighted by Gasteiger charge is -2.14. The fourth-order valence-electron chi connectivity index (χ4n) is 1.80. The molecule has 0 unspecified atom stereocenters. The predicted octanol–water partition coefficient (Wildman–Crippen LogP) is 4.23. The Kier molecular flexibility index (Phi) is 6.47. The highest BCUT2D eigenvalue weighted by Crippen LogP contribution is 2.31. The Balaban J connectivity index is 2.05. The number of carbonyl (C=O) groups is 2. The van der Waals surface area contributed by atoms with E-state index in [2.05, 4.69) is 10.3 Å². The van der Waals surface area contributed by atoms with Crippen LogP contribution in [0.3, 0.4) is 0 Å². The number of benzene rings is 1. The fourth-order valence-corrected chi connectivity index (χ4v) is 2.36. The van der Waals surface area contributed by atoms with Gasteiger partial charge in [0.25, 0.3) is 5.91 Å². The van der Waals surface area contributed by atoms with Crippen molar-refractivity contribution in [3.05, 3.63) is 51.2 Å². The number of anilines is 1. The number of esters is 1. The Morgan fingerprint density at radius 1 is 1.20 bits per heavy atom. The molecule has 0 saturated heterocycles. The van der Waals surface area contributed by atoms with Gasteiger partial charge in [0.15, 0.2) is 11.8 Å². The van der Waals surface area contributed by atoms with E-state index in [1.807, 2.05) is 0 Å². The average molecular weight is 404 g/mol. The van der Waals surface area contributed by atoms with Crippen LogP contribution in [0.15, 0.2) is 30.5 Å². The number of hydrogen-bond acceptors (Lipinski definition) is 5. The molecule has 2 rings (SSSR count). The number of hydrogen-bond donors (Lipinski definition) is 1. The van der Waals surface area contributed by atoms with Crippen LogP contribution in [0.2, 0.25) is 15.1 Å². The zero-order valence-electron chi connectivity index (χ0n) is 13.2. The van der Waals surface area contributed by atoms with Gasteiger partial charge >= 0.3 is 5.97 Å². The topological polar surface area (TPSA) is 77.5 Å². The lowest BCUT2D eigenvalue weighted by Crippen LogP contribution is -2.30. The van der Waals surface area contributed by atoms with Gasteiger partial charge in [0.2, 0.25) is 0 Å². The second-order valence-electron chi connectivity index (χ2n) is 4.85. The van der Waals surface area contributed by atoms with Crippen molar-refractivity contribution in [2.75, 3.05) is 12.4 Å². The van der Waals surface area contributed by atoms with E-state index in [1.165, 1.54) is 20.2 Å². The lowest BCUT2D eigenvalue weighted by atomic mass is 10.2. The number of nitrogens with zero attached hydrogens (tertiary/aromatic N) is 1. The number of methoxy groups -OCH3 is 1. The molecule has 1 aromatic carbocycles. The van der Waals surface area contributed by atoms with Crippen LogP contribution >= 0.6 is 34.8 Å². The van der Waals surface area contributed by atoms with Crippen LogP contribution in [0, 0.1) is 0 Å². The quantitative estimate of drug-likeness (QED) is 0.756. The van der Waals surface area contributed by atoms with Gasteiger partial charge in [-0.3, -0.25) is 4.79 Å². The summed E-state index contributed by atoms with van der Waals surface area (Å²) in [5.41, 5.74) is 0.273. The summed E-state index contributed by atoms with van der Waals surface area (Å²) in [6.45, 7) is 1.42. The maximum atomic E-state index is 12.2. The van der Waals surface area contributed by atoms with Crippen LogP contribution in [-0.4, -0.2) is 30.1 Å². The van der Waals surface area contributed by atoms with Crippen molar-refractivity contribution in [3.8, 4) is 5.75 Å². The minimum Gasteiger partial charge on any atom is -0.497 e. The second kappa shape index (κ2) is 8.38. The van der Waals surface area contributed by atoms with Crippen LogP contribution < -0.4 is 10.1 Å². The van der Waals surface area contributed by atoms with Gasteiger partial charge in [0.1, 0.15) is 5.75 Å². The van der Waals surface area contributed by atoms with Gasteiger partial charge in [-0.1, -0.05) is 40.9 Å². The Hall–Kier alpha value is -2.02. The number of ether oxygens (including phenoxy) is 2. The van der Waals surface area contributed by atoms with Crippen LogP contribution in [0.4, 0.5) is 5.69 Å². The van der Waals surface area contributed by atoms with Crippen LogP contribution in [0.5, 0.6) is 5.75 Å². The number of aromatic nitrogens is 1. The Labute approximate surface area is 159 Å². The molecule has 0 aliphatic carbocycles. The van der Waals surface area contributed by atoms with E-state index in [4.69, 9.17) is 44.3 Å². The van der Waals surface area contributed by atoms with Crippen molar-refractivity contribution in [2.24, 2.45) is 0 Å². The summed E-state index contributed by atoms with van der Waals surface area (Å²) < 4.78 is 10.1. The van der Waals surface area contributed by atoms with Crippen molar-refractivity contribution in [1.82, 2.24) is 4.98 Å². The number of pyridine rings is 1. The van der Waals surface area contributed by atoms with E-state index in [9.17, 15) is 9.59 Å². The summed E-state index contributed by atoms with van der Waals surface area (Å²) in [4.78, 5) is 28.1. The van der Waals surface area contributed by atoms with Crippen molar-refractivity contribution >= 4 is 52.4 Å². The number of amides is 1. The maximum Gasteiger partial charge on any atom is 0.359 e. The Bertz CT molecular complexity index is 814. The lowest BCUT2D eigenvalue weighted by molar-refractivity contribution is -0.123. The highest BCUT2D eigenvalue weighted by Gasteiger charge is 2.23. The number of nitrogens with one attached hydrogen (secondary N) is 1. The molecular weight excluding hydrogens is 391 g/mol. The molecule has 0 aliphatic heterocycles. The summed E-state index contributed by atoms with van der Waals surface area (Å²) in [7, 11) is 1.51. The van der Waals surface area contributed by atoms with Gasteiger partial charge < -0.3 is 14.8 Å². The van der Waals surface area contributed by atoms with E-state index in [0.29, 0.717) is 11.4 Å². The predicted molar refractivity (Wildman–Crippen MR) is 95.8 cm³/mol. The molecule has 25 heavy (non-hydrogen) atoms. The molecule has 132 valence electrons. The summed E-state index contributed by atoms with van der Waals surface area (Å²) in [6.07, 6.45) is 0.0823. The van der Waals surface area contributed by atoms with Gasteiger partial charge in [-0.2, -0.15) is 0 Å². The van der Waals surface area contributed by atoms with E-state index in [-0.39, 0.29) is 20.8 Å². The molecule has 9 heteroatoms. The van der Waals surface area contributed by atoms with E-state index in [0.717, 1.165) is 0 Å². The molecule has 2 aromatic rings. The van der Waals surface area contributed by atoms with Crippen molar-refractivity contribution in [3.63, 3.8) is 0 Å². The molecule has 0 aliphatic rings. The van der Waals surface area contributed by atoms with Crippen LogP contribution in [0.25, 0.3) is 0 Å². The molecule has 6 nitrogen and oxygen atoms in total. The molecule has 1 atom stereocenters. The van der Waals surface area contributed by atoms with Gasteiger partial charge in [-0.05, 0) is 19.1 Å². The molecule has 1 aromatic heterocycles. The number of rotatable bonds is 5. The highest BCUT2D eigenvalue weighted by atomic mass is 35.5. The first-order valence-corrected chi connectivity index (χ1v) is 8.12. The maximum absolute atomic E-state index is 12.2. The smallest absolute Gasteiger partial charge is 0.359 e. The number of carbonyl (C=O) groups excluding carboxylic acids is 2. The summed E-state index contributed by atoms with van der Waals surface area (Å²) in [5, 5.41) is 2.56. The van der Waals surface area contributed by atoms with Crippen molar-refractivity contribution in [1.29, 1.82) is 0 Å². The number of halogens is 3. The molecule has 0 radical (unpaired) electrons. The molecule has 1 N–H and O–H groups in total. The monoisotopic (exact) mass is 402 g/mol. The summed E-state index contributed by atoms with van der Waals surface area (Å²) in [5.74, 6) is -0.844. The van der Waals surface area contributed by atoms with E-state index >= 15 is 0 Å². The van der Waals surface area contributed by atoms with Gasteiger partial charge in [0.05, 0.1) is 22.2 Å². The Morgan fingerprint density at radius 2 is 1.92 bits per heavy atom. The van der Waals surface area contributed by atoms with Gasteiger partial charge in [0, 0.05) is 18.0 Å². The fraction of sp³-hybridized carbons (Fsp3) is 0.188. The van der Waals surface area contributed by atoms with Crippen molar-refractivity contribution < 1.29 is 19.1 Å². The molecule has 1 heterocycles. The molecular formula is C16H13Cl3N2O4. The normalized spacial score (nSPS) is 11.6. The van der Waals surface area contributed by atoms with Crippen LogP contribution in [0.1, 0.15) is 17.4 Å².